The molecule has 0 aliphatic carbocycles. The molecule has 1 rings (SSSR count). The van der Waals surface area contributed by atoms with Crippen LogP contribution in [0, 0.1) is 0 Å². The molecule has 0 bridgehead atoms. The first-order valence-electron chi connectivity index (χ1n) is 2.78. The third kappa shape index (κ3) is 1.79. The van der Waals surface area contributed by atoms with Gasteiger partial charge in [0.05, 0.1) is 6.04 Å². The summed E-state index contributed by atoms with van der Waals surface area (Å²) in [5, 5.41) is 3.20. The molecule has 1 aliphatic rings. The lowest BCUT2D eigenvalue weighted by Crippen LogP contribution is -2.50. The summed E-state index contributed by atoms with van der Waals surface area (Å²) in [5.74, 6) is 0. The van der Waals surface area contributed by atoms with E-state index in [2.05, 4.69) is 10.0 Å². The van der Waals surface area contributed by atoms with Crippen LogP contribution in [-0.2, 0) is 10.4 Å². The van der Waals surface area contributed by atoms with Crippen LogP contribution in [0.1, 0.15) is 0 Å². The first-order chi connectivity index (χ1) is 5.04. The maximum Gasteiger partial charge on any atom is 0.374 e. The van der Waals surface area contributed by atoms with E-state index in [0.717, 1.165) is 0 Å². The second-order valence-corrected chi connectivity index (χ2v) is 3.46. The average Bonchev–Trinajstić information content (AvgIpc) is 1.74. The van der Waals surface area contributed by atoms with Gasteiger partial charge in [-0.25, -0.2) is 0 Å². The maximum absolute atomic E-state index is 12.0. The van der Waals surface area contributed by atoms with Gasteiger partial charge in [-0.2, -0.15) is 12.7 Å². The second kappa shape index (κ2) is 2.65. The summed E-state index contributed by atoms with van der Waals surface area (Å²) < 4.78 is 32.8. The predicted molar refractivity (Wildman–Crippen MR) is 34.5 cm³/mol. The molecule has 62 valence electrons. The molecule has 0 unspecified atom stereocenters. The molecule has 1 heterocycles. The Morgan fingerprint density at radius 3 is 2.55 bits per heavy atom. The summed E-state index contributed by atoms with van der Waals surface area (Å²) in [5.41, 5.74) is 7.89. The van der Waals surface area contributed by atoms with Gasteiger partial charge in [0, 0.05) is 18.0 Å². The summed E-state index contributed by atoms with van der Waals surface area (Å²) >= 11 is 0. The highest BCUT2D eigenvalue weighted by atomic mass is 32.3. The van der Waals surface area contributed by atoms with E-state index < -0.39 is 16.5 Å². The predicted octanol–water partition coefficient (Wildman–Crippen LogP) is 0.195. The van der Waals surface area contributed by atoms with Crippen LogP contribution in [-0.4, -0.2) is 31.9 Å². The molecule has 1 saturated heterocycles. The monoisotopic (exact) mass is 180 g/mol. The molecule has 11 heavy (non-hydrogen) atoms. The summed E-state index contributed by atoms with van der Waals surface area (Å²) in [7, 11) is -4.57. The van der Waals surface area contributed by atoms with Gasteiger partial charge < -0.3 is 0 Å². The summed E-state index contributed by atoms with van der Waals surface area (Å²) in [6, 6.07) is -0.412. The van der Waals surface area contributed by atoms with Crippen molar-refractivity contribution in [3.8, 4) is 0 Å². The highest BCUT2D eigenvalue weighted by molar-refractivity contribution is 7.84. The van der Waals surface area contributed by atoms with Gasteiger partial charge >= 0.3 is 10.4 Å². The summed E-state index contributed by atoms with van der Waals surface area (Å²) in [6.07, 6.45) is 0. The van der Waals surface area contributed by atoms with Gasteiger partial charge in [0.15, 0.2) is 0 Å². The third-order valence-corrected chi connectivity index (χ3v) is 2.27. The fraction of sp³-hybridized carbons (Fsp3) is 1.00. The molecular weight excluding hydrogens is 175 g/mol. The number of hydrogen-bond acceptors (Lipinski definition) is 3. The molecular formula is C3H5FN4O2S. The van der Waals surface area contributed by atoms with E-state index in [1.54, 1.807) is 0 Å². The molecule has 0 aromatic rings. The van der Waals surface area contributed by atoms with E-state index in [1.165, 1.54) is 0 Å². The fourth-order valence-electron chi connectivity index (χ4n) is 0.741. The smallest absolute Gasteiger partial charge is 0.177 e. The molecule has 0 aromatic carbocycles. The van der Waals surface area contributed by atoms with Crippen molar-refractivity contribution in [3.63, 3.8) is 0 Å². The molecule has 0 saturated carbocycles. The van der Waals surface area contributed by atoms with Gasteiger partial charge in [-0.3, -0.25) is 0 Å². The molecule has 6 nitrogen and oxygen atoms in total. The van der Waals surface area contributed by atoms with Gasteiger partial charge in [0.2, 0.25) is 0 Å². The summed E-state index contributed by atoms with van der Waals surface area (Å²) in [4.78, 5) is 2.46. The van der Waals surface area contributed by atoms with Crippen molar-refractivity contribution in [3.05, 3.63) is 10.4 Å². The van der Waals surface area contributed by atoms with Gasteiger partial charge in [0.1, 0.15) is 0 Å². The van der Waals surface area contributed by atoms with Crippen molar-refractivity contribution >= 4 is 10.4 Å². The van der Waals surface area contributed by atoms with Crippen molar-refractivity contribution in [1.82, 2.24) is 4.31 Å². The molecule has 0 radical (unpaired) electrons. The van der Waals surface area contributed by atoms with Crippen LogP contribution in [0.5, 0.6) is 0 Å². The number of azide groups is 1. The summed E-state index contributed by atoms with van der Waals surface area (Å²) in [6.45, 7) is -0.105. The van der Waals surface area contributed by atoms with Crippen LogP contribution in [0.2, 0.25) is 0 Å². The Morgan fingerprint density at radius 2 is 2.18 bits per heavy atom. The van der Waals surface area contributed by atoms with Gasteiger partial charge in [-0.1, -0.05) is 9.00 Å². The Kier molecular flexibility index (Phi) is 1.99. The largest absolute Gasteiger partial charge is 0.374 e. The SMILES string of the molecule is [N-]=[N+]=NC1CN(S(=O)(=O)F)C1. The number of hydrogen-bond donors (Lipinski definition) is 0. The van der Waals surface area contributed by atoms with Crippen molar-refractivity contribution in [2.75, 3.05) is 13.1 Å². The minimum absolute atomic E-state index is 0.0527. The fourth-order valence-corrected chi connectivity index (χ4v) is 1.44. The van der Waals surface area contributed by atoms with Crippen molar-refractivity contribution in [1.29, 1.82) is 0 Å². The first kappa shape index (κ1) is 8.25. The van der Waals surface area contributed by atoms with E-state index in [4.69, 9.17) is 5.53 Å². The molecule has 0 spiro atoms. The maximum atomic E-state index is 12.0. The Hall–Kier alpha value is -0.850. The zero-order valence-corrected chi connectivity index (χ0v) is 6.20. The molecule has 8 heteroatoms. The van der Waals surface area contributed by atoms with Crippen LogP contribution in [0.4, 0.5) is 3.89 Å². The average molecular weight is 180 g/mol. The highest BCUT2D eigenvalue weighted by Gasteiger charge is 2.34. The second-order valence-electron chi connectivity index (χ2n) is 2.12. The minimum atomic E-state index is -4.57. The molecule has 1 fully saturated rings. The minimum Gasteiger partial charge on any atom is -0.177 e. The van der Waals surface area contributed by atoms with E-state index in [1.807, 2.05) is 0 Å². The number of halogens is 1. The van der Waals surface area contributed by atoms with E-state index >= 15 is 0 Å². The van der Waals surface area contributed by atoms with Gasteiger partial charge in [-0.15, -0.1) is 0 Å². The molecule has 0 aromatic heterocycles. The van der Waals surface area contributed by atoms with E-state index in [9.17, 15) is 12.3 Å². The van der Waals surface area contributed by atoms with Gasteiger partial charge in [0.25, 0.3) is 0 Å². The van der Waals surface area contributed by atoms with Crippen molar-refractivity contribution in [2.45, 2.75) is 6.04 Å². The van der Waals surface area contributed by atoms with Crippen LogP contribution < -0.4 is 0 Å². The Morgan fingerprint density at radius 1 is 1.64 bits per heavy atom. The topological polar surface area (TPSA) is 86.1 Å². The number of nitrogens with zero attached hydrogens (tertiary/aromatic N) is 4. The molecule has 0 N–H and O–H groups in total. The molecule has 0 amide bonds. The van der Waals surface area contributed by atoms with Crippen LogP contribution in [0.3, 0.4) is 0 Å². The zero-order valence-electron chi connectivity index (χ0n) is 5.38. The first-order valence-corrected chi connectivity index (χ1v) is 4.12. The van der Waals surface area contributed by atoms with Crippen LogP contribution >= 0.6 is 0 Å². The lowest BCUT2D eigenvalue weighted by Gasteiger charge is -2.31. The van der Waals surface area contributed by atoms with Crippen molar-refractivity contribution in [2.24, 2.45) is 5.11 Å². The normalized spacial score (nSPS) is 20.5. The van der Waals surface area contributed by atoms with Crippen molar-refractivity contribution < 1.29 is 12.3 Å². The standard InChI is InChI=1S/C3H5FN4O2S/c4-11(9,10)8-1-3(2-8)6-7-5/h3H,1-2H2. The molecule has 0 atom stereocenters. The lowest BCUT2D eigenvalue weighted by atomic mass is 10.2. The van der Waals surface area contributed by atoms with Crippen LogP contribution in [0.25, 0.3) is 10.4 Å². The van der Waals surface area contributed by atoms with Crippen LogP contribution in [0.15, 0.2) is 5.11 Å². The van der Waals surface area contributed by atoms with Gasteiger partial charge in [-0.05, 0) is 5.53 Å². The Balaban J connectivity index is 2.48. The zero-order chi connectivity index (χ0) is 8.48. The quantitative estimate of drug-likeness (QED) is 0.263. The molecule has 1 aliphatic heterocycles. The highest BCUT2D eigenvalue weighted by Crippen LogP contribution is 2.16. The van der Waals surface area contributed by atoms with E-state index in [0.29, 0.717) is 4.31 Å². The van der Waals surface area contributed by atoms with E-state index in [-0.39, 0.29) is 13.1 Å². The Labute approximate surface area is 62.6 Å². The number of rotatable bonds is 2. The lowest BCUT2D eigenvalue weighted by molar-refractivity contribution is 0.253. The third-order valence-electron chi connectivity index (χ3n) is 1.35. The Bertz CT molecular complexity index is 288.